The molecule has 1 N–H and O–H groups in total. The molecule has 0 saturated carbocycles. The molecule has 1 aliphatic rings. The minimum atomic E-state index is 0.105. The topological polar surface area (TPSA) is 32.3 Å². The molecule has 0 spiro atoms. The predicted octanol–water partition coefficient (Wildman–Crippen LogP) is 4.22. The van der Waals surface area contributed by atoms with Gasteiger partial charge in [-0.05, 0) is 56.6 Å². The van der Waals surface area contributed by atoms with Crippen LogP contribution in [0.1, 0.15) is 31.2 Å². The van der Waals surface area contributed by atoms with Crippen molar-refractivity contribution in [3.8, 4) is 0 Å². The third kappa shape index (κ3) is 7.34. The van der Waals surface area contributed by atoms with Gasteiger partial charge >= 0.3 is 0 Å². The van der Waals surface area contributed by atoms with Crippen molar-refractivity contribution < 1.29 is 4.79 Å². The first-order valence-electron chi connectivity index (χ1n) is 8.16. The third-order valence-corrected chi connectivity index (χ3v) is 5.65. The van der Waals surface area contributed by atoms with E-state index in [9.17, 15) is 4.79 Å². The number of hydrogen-bond donors (Lipinski definition) is 1. The van der Waals surface area contributed by atoms with Gasteiger partial charge in [0.05, 0.1) is 15.8 Å². The van der Waals surface area contributed by atoms with E-state index in [0.717, 1.165) is 30.8 Å². The number of rotatable bonds is 8. The molecule has 23 heavy (non-hydrogen) atoms. The Morgan fingerprint density at radius 2 is 1.96 bits per heavy atom. The molecule has 3 nitrogen and oxygen atoms in total. The van der Waals surface area contributed by atoms with Gasteiger partial charge in [-0.1, -0.05) is 35.7 Å². The standard InChI is InChI=1S/C17H24Cl2N2OS/c18-15-6-5-14(11-16(15)19)12-23-13-17(22)20-7-4-10-21-8-2-1-3-9-21/h5-6,11H,1-4,7-10,12-13H2,(H,20,22). The van der Waals surface area contributed by atoms with Gasteiger partial charge < -0.3 is 10.2 Å². The molecule has 6 heteroatoms. The Labute approximate surface area is 153 Å². The lowest BCUT2D eigenvalue weighted by Crippen LogP contribution is -2.33. The summed E-state index contributed by atoms with van der Waals surface area (Å²) >= 11 is 13.5. The maximum absolute atomic E-state index is 11.8. The fourth-order valence-corrected chi connectivity index (χ4v) is 3.78. The largest absolute Gasteiger partial charge is 0.355 e. The van der Waals surface area contributed by atoms with Crippen LogP contribution < -0.4 is 5.32 Å². The van der Waals surface area contributed by atoms with Crippen molar-refractivity contribution in [1.29, 1.82) is 0 Å². The van der Waals surface area contributed by atoms with Crippen molar-refractivity contribution in [2.75, 3.05) is 31.9 Å². The SMILES string of the molecule is O=C(CSCc1ccc(Cl)c(Cl)c1)NCCCN1CCCCC1. The van der Waals surface area contributed by atoms with Gasteiger partial charge in [-0.2, -0.15) is 0 Å². The van der Waals surface area contributed by atoms with Crippen LogP contribution >= 0.6 is 35.0 Å². The molecule has 0 aromatic heterocycles. The van der Waals surface area contributed by atoms with E-state index in [0.29, 0.717) is 15.8 Å². The zero-order valence-corrected chi connectivity index (χ0v) is 15.7. The van der Waals surface area contributed by atoms with Gasteiger partial charge in [-0.25, -0.2) is 0 Å². The number of hydrogen-bond acceptors (Lipinski definition) is 3. The smallest absolute Gasteiger partial charge is 0.230 e. The van der Waals surface area contributed by atoms with Crippen LogP contribution in [0.5, 0.6) is 0 Å². The van der Waals surface area contributed by atoms with E-state index in [2.05, 4.69) is 10.2 Å². The van der Waals surface area contributed by atoms with E-state index in [4.69, 9.17) is 23.2 Å². The van der Waals surface area contributed by atoms with Gasteiger partial charge in [0.2, 0.25) is 5.91 Å². The van der Waals surface area contributed by atoms with Gasteiger partial charge in [0, 0.05) is 12.3 Å². The van der Waals surface area contributed by atoms with E-state index in [-0.39, 0.29) is 5.91 Å². The molecule has 2 rings (SSSR count). The van der Waals surface area contributed by atoms with E-state index >= 15 is 0 Å². The highest BCUT2D eigenvalue weighted by Gasteiger charge is 2.09. The summed E-state index contributed by atoms with van der Waals surface area (Å²) in [4.78, 5) is 14.3. The first kappa shape index (κ1) is 18.9. The molecule has 1 fully saturated rings. The molecule has 1 aliphatic heterocycles. The van der Waals surface area contributed by atoms with Gasteiger partial charge in [-0.3, -0.25) is 4.79 Å². The van der Waals surface area contributed by atoms with Crippen LogP contribution in [0.2, 0.25) is 10.0 Å². The molecule has 1 aromatic rings. The van der Waals surface area contributed by atoms with Crippen LogP contribution in [0.15, 0.2) is 18.2 Å². The van der Waals surface area contributed by atoms with Crippen molar-refractivity contribution in [3.63, 3.8) is 0 Å². The average molecular weight is 375 g/mol. The predicted molar refractivity (Wildman–Crippen MR) is 101 cm³/mol. The fraction of sp³-hybridized carbons (Fsp3) is 0.588. The van der Waals surface area contributed by atoms with Gasteiger partial charge in [0.25, 0.3) is 0 Å². The molecular formula is C17H24Cl2N2OS. The van der Waals surface area contributed by atoms with Crippen molar-refractivity contribution in [1.82, 2.24) is 10.2 Å². The van der Waals surface area contributed by atoms with Gasteiger partial charge in [-0.15, -0.1) is 11.8 Å². The minimum Gasteiger partial charge on any atom is -0.355 e. The summed E-state index contributed by atoms with van der Waals surface area (Å²) in [6.07, 6.45) is 5.03. The Morgan fingerprint density at radius 1 is 1.17 bits per heavy atom. The number of benzene rings is 1. The zero-order valence-electron chi connectivity index (χ0n) is 13.3. The van der Waals surface area contributed by atoms with Crippen LogP contribution in [0.4, 0.5) is 0 Å². The minimum absolute atomic E-state index is 0.105. The average Bonchev–Trinajstić information content (AvgIpc) is 2.56. The molecule has 0 atom stereocenters. The number of likely N-dealkylation sites (tertiary alicyclic amines) is 1. The summed E-state index contributed by atoms with van der Waals surface area (Å²) in [5.74, 6) is 1.34. The van der Waals surface area contributed by atoms with Crippen LogP contribution in [0.25, 0.3) is 0 Å². The maximum Gasteiger partial charge on any atom is 0.230 e. The Morgan fingerprint density at radius 3 is 2.70 bits per heavy atom. The lowest BCUT2D eigenvalue weighted by Gasteiger charge is -2.26. The quantitative estimate of drug-likeness (QED) is 0.691. The lowest BCUT2D eigenvalue weighted by atomic mass is 10.1. The van der Waals surface area contributed by atoms with Gasteiger partial charge in [0.15, 0.2) is 0 Å². The number of carbonyl (C=O) groups excluding carboxylic acids is 1. The second kappa shape index (κ2) is 10.4. The lowest BCUT2D eigenvalue weighted by molar-refractivity contribution is -0.118. The van der Waals surface area contributed by atoms with Crippen molar-refractivity contribution in [2.45, 2.75) is 31.4 Å². The number of carbonyl (C=O) groups is 1. The molecule has 0 radical (unpaired) electrons. The molecule has 0 unspecified atom stereocenters. The Bertz CT molecular complexity index is 507. The van der Waals surface area contributed by atoms with Crippen LogP contribution in [-0.2, 0) is 10.5 Å². The van der Waals surface area contributed by atoms with Crippen molar-refractivity contribution in [2.24, 2.45) is 0 Å². The summed E-state index contributed by atoms with van der Waals surface area (Å²) in [6.45, 7) is 4.29. The second-order valence-electron chi connectivity index (χ2n) is 5.85. The Hall–Kier alpha value is -0.420. The van der Waals surface area contributed by atoms with E-state index in [1.165, 1.54) is 32.4 Å². The van der Waals surface area contributed by atoms with Crippen molar-refractivity contribution in [3.05, 3.63) is 33.8 Å². The first-order valence-corrected chi connectivity index (χ1v) is 10.1. The van der Waals surface area contributed by atoms with Crippen LogP contribution in [-0.4, -0.2) is 42.7 Å². The monoisotopic (exact) mass is 374 g/mol. The molecule has 1 saturated heterocycles. The highest BCUT2D eigenvalue weighted by atomic mass is 35.5. The number of nitrogens with zero attached hydrogens (tertiary/aromatic N) is 1. The highest BCUT2D eigenvalue weighted by molar-refractivity contribution is 7.99. The van der Waals surface area contributed by atoms with E-state index in [1.807, 2.05) is 12.1 Å². The number of halogens is 2. The molecule has 1 heterocycles. The van der Waals surface area contributed by atoms with Crippen LogP contribution in [0, 0.1) is 0 Å². The molecule has 128 valence electrons. The number of piperidine rings is 1. The number of nitrogens with one attached hydrogen (secondary N) is 1. The molecule has 1 aromatic carbocycles. The molecular weight excluding hydrogens is 351 g/mol. The number of thioether (sulfide) groups is 1. The molecule has 0 bridgehead atoms. The Kier molecular flexibility index (Phi) is 8.59. The maximum atomic E-state index is 11.8. The third-order valence-electron chi connectivity index (χ3n) is 3.91. The highest BCUT2D eigenvalue weighted by Crippen LogP contribution is 2.24. The van der Waals surface area contributed by atoms with Gasteiger partial charge in [0.1, 0.15) is 0 Å². The fourth-order valence-electron chi connectivity index (χ4n) is 2.66. The summed E-state index contributed by atoms with van der Waals surface area (Å²) in [7, 11) is 0. The first-order chi connectivity index (χ1) is 11.1. The van der Waals surface area contributed by atoms with E-state index in [1.54, 1.807) is 17.8 Å². The second-order valence-corrected chi connectivity index (χ2v) is 7.65. The summed E-state index contributed by atoms with van der Waals surface area (Å²) in [6, 6.07) is 5.59. The van der Waals surface area contributed by atoms with Crippen LogP contribution in [0.3, 0.4) is 0 Å². The molecule has 0 aliphatic carbocycles. The van der Waals surface area contributed by atoms with E-state index < -0.39 is 0 Å². The summed E-state index contributed by atoms with van der Waals surface area (Å²) < 4.78 is 0. The summed E-state index contributed by atoms with van der Waals surface area (Å²) in [5.41, 5.74) is 1.09. The normalized spacial score (nSPS) is 15.6. The Balaban J connectivity index is 1.53. The summed E-state index contributed by atoms with van der Waals surface area (Å²) in [5, 5.41) is 4.12. The zero-order chi connectivity index (χ0) is 16.5. The number of amides is 1. The van der Waals surface area contributed by atoms with Crippen molar-refractivity contribution >= 4 is 40.9 Å². The molecule has 1 amide bonds.